The van der Waals surface area contributed by atoms with Crippen molar-refractivity contribution in [3.05, 3.63) is 22.8 Å². The van der Waals surface area contributed by atoms with Gasteiger partial charge in [0.05, 0.1) is 10.6 Å². The highest BCUT2D eigenvalue weighted by molar-refractivity contribution is 6.33. The van der Waals surface area contributed by atoms with E-state index in [-0.39, 0.29) is 23.3 Å². The minimum Gasteiger partial charge on any atom is -0.370 e. The van der Waals surface area contributed by atoms with Gasteiger partial charge in [-0.25, -0.2) is 4.98 Å². The number of anilines is 1. The van der Waals surface area contributed by atoms with Crippen molar-refractivity contribution in [1.29, 1.82) is 0 Å². The summed E-state index contributed by atoms with van der Waals surface area (Å²) in [5.74, 6) is -0.448. The first-order valence-electron chi connectivity index (χ1n) is 4.97. The molecular formula is C10H11ClF3N3O. The number of carbonyl (C=O) groups is 1. The third kappa shape index (κ3) is 4.06. The summed E-state index contributed by atoms with van der Waals surface area (Å²) >= 11 is 5.67. The van der Waals surface area contributed by atoms with Crippen molar-refractivity contribution in [2.75, 3.05) is 5.32 Å². The van der Waals surface area contributed by atoms with Crippen LogP contribution < -0.4 is 11.1 Å². The second-order valence-electron chi connectivity index (χ2n) is 3.77. The van der Waals surface area contributed by atoms with Crippen LogP contribution in [0.4, 0.5) is 19.0 Å². The van der Waals surface area contributed by atoms with Crippen molar-refractivity contribution < 1.29 is 18.0 Å². The number of carbonyl (C=O) groups excluding carboxylic acids is 1. The predicted molar refractivity (Wildman–Crippen MR) is 61.1 cm³/mol. The van der Waals surface area contributed by atoms with Crippen molar-refractivity contribution in [3.8, 4) is 0 Å². The van der Waals surface area contributed by atoms with Crippen molar-refractivity contribution >= 4 is 23.3 Å². The van der Waals surface area contributed by atoms with Crippen molar-refractivity contribution in [3.63, 3.8) is 0 Å². The molecular weight excluding hydrogens is 271 g/mol. The van der Waals surface area contributed by atoms with Crippen molar-refractivity contribution in [2.24, 2.45) is 5.73 Å². The lowest BCUT2D eigenvalue weighted by atomic mass is 10.2. The second kappa shape index (κ2) is 5.43. The number of aromatic nitrogens is 1. The van der Waals surface area contributed by atoms with Crippen molar-refractivity contribution in [2.45, 2.75) is 25.6 Å². The van der Waals surface area contributed by atoms with E-state index in [1.54, 1.807) is 6.92 Å². The lowest BCUT2D eigenvalue weighted by Gasteiger charge is -2.15. The number of hydrogen-bond acceptors (Lipinski definition) is 3. The van der Waals surface area contributed by atoms with E-state index >= 15 is 0 Å². The van der Waals surface area contributed by atoms with Crippen LogP contribution in [-0.2, 0) is 11.0 Å². The number of amides is 1. The molecule has 1 amide bonds. The zero-order valence-corrected chi connectivity index (χ0v) is 10.1. The molecule has 3 N–H and O–H groups in total. The van der Waals surface area contributed by atoms with Crippen LogP contribution in [0, 0.1) is 0 Å². The smallest absolute Gasteiger partial charge is 0.370 e. The number of halogens is 4. The third-order valence-electron chi connectivity index (χ3n) is 2.06. The second-order valence-corrected chi connectivity index (χ2v) is 4.18. The van der Waals surface area contributed by atoms with Gasteiger partial charge in [0.2, 0.25) is 5.91 Å². The van der Waals surface area contributed by atoms with Gasteiger partial charge in [-0.05, 0) is 13.0 Å². The van der Waals surface area contributed by atoms with Gasteiger partial charge in [-0.3, -0.25) is 4.79 Å². The van der Waals surface area contributed by atoms with Gasteiger partial charge in [0.15, 0.2) is 0 Å². The fraction of sp³-hybridized carbons (Fsp3) is 0.400. The first kappa shape index (κ1) is 14.6. The van der Waals surface area contributed by atoms with Crippen LogP contribution in [-0.4, -0.2) is 16.9 Å². The van der Waals surface area contributed by atoms with E-state index in [0.29, 0.717) is 6.20 Å². The number of pyridine rings is 1. The fourth-order valence-corrected chi connectivity index (χ4v) is 1.51. The van der Waals surface area contributed by atoms with Crippen LogP contribution in [0.1, 0.15) is 18.9 Å². The van der Waals surface area contributed by atoms with E-state index in [1.165, 1.54) is 0 Å². The van der Waals surface area contributed by atoms with Crippen LogP contribution in [0.5, 0.6) is 0 Å². The van der Waals surface area contributed by atoms with Gasteiger partial charge in [-0.1, -0.05) is 11.6 Å². The maximum Gasteiger partial charge on any atom is 0.417 e. The molecule has 1 aromatic heterocycles. The first-order valence-corrected chi connectivity index (χ1v) is 5.35. The standard InChI is InChI=1S/C10H11ClF3N3O/c1-5(2-8(15)18)17-9-7(11)3-6(4-16-9)10(12,13)14/h3-5H,2H2,1H3,(H2,15,18)(H,16,17). The molecule has 0 saturated carbocycles. The fourth-order valence-electron chi connectivity index (χ4n) is 1.29. The molecule has 1 rings (SSSR count). The van der Waals surface area contributed by atoms with Crippen LogP contribution in [0.25, 0.3) is 0 Å². The Morgan fingerprint density at radius 1 is 1.61 bits per heavy atom. The molecule has 0 radical (unpaired) electrons. The number of alkyl halides is 3. The Kier molecular flexibility index (Phi) is 4.39. The van der Waals surface area contributed by atoms with Gasteiger partial charge in [0.25, 0.3) is 0 Å². The molecule has 8 heteroatoms. The molecule has 18 heavy (non-hydrogen) atoms. The molecule has 0 bridgehead atoms. The maximum absolute atomic E-state index is 12.4. The molecule has 1 aromatic rings. The van der Waals surface area contributed by atoms with E-state index in [9.17, 15) is 18.0 Å². The first-order chi connectivity index (χ1) is 8.20. The van der Waals surface area contributed by atoms with E-state index < -0.39 is 17.6 Å². The molecule has 4 nitrogen and oxygen atoms in total. The third-order valence-corrected chi connectivity index (χ3v) is 2.35. The van der Waals surface area contributed by atoms with Gasteiger partial charge in [-0.15, -0.1) is 0 Å². The number of nitrogens with one attached hydrogen (secondary N) is 1. The molecule has 0 aliphatic heterocycles. The van der Waals surface area contributed by atoms with Crippen LogP contribution >= 0.6 is 11.6 Å². The van der Waals surface area contributed by atoms with E-state index in [2.05, 4.69) is 10.3 Å². The van der Waals surface area contributed by atoms with E-state index in [0.717, 1.165) is 6.07 Å². The molecule has 0 saturated heterocycles. The van der Waals surface area contributed by atoms with Gasteiger partial charge >= 0.3 is 6.18 Å². The summed E-state index contributed by atoms with van der Waals surface area (Å²) in [5, 5.41) is 2.54. The molecule has 1 atom stereocenters. The Morgan fingerprint density at radius 2 is 2.22 bits per heavy atom. The highest BCUT2D eigenvalue weighted by Gasteiger charge is 2.31. The quantitative estimate of drug-likeness (QED) is 0.890. The Balaban J connectivity index is 2.83. The molecule has 1 heterocycles. The topological polar surface area (TPSA) is 68.0 Å². The van der Waals surface area contributed by atoms with Crippen LogP contribution in [0.2, 0.25) is 5.02 Å². The highest BCUT2D eigenvalue weighted by Crippen LogP contribution is 2.32. The lowest BCUT2D eigenvalue weighted by Crippen LogP contribution is -2.24. The number of rotatable bonds is 4. The normalized spacial score (nSPS) is 13.2. The van der Waals surface area contributed by atoms with Gasteiger partial charge in [0.1, 0.15) is 5.82 Å². The molecule has 0 aliphatic carbocycles. The summed E-state index contributed by atoms with van der Waals surface area (Å²) in [6, 6.07) is 0.401. The van der Waals surface area contributed by atoms with Crippen LogP contribution in [0.3, 0.4) is 0 Å². The molecule has 0 fully saturated rings. The van der Waals surface area contributed by atoms with E-state index in [4.69, 9.17) is 17.3 Å². The Hall–Kier alpha value is -1.50. The Morgan fingerprint density at radius 3 is 2.67 bits per heavy atom. The zero-order valence-electron chi connectivity index (χ0n) is 9.38. The van der Waals surface area contributed by atoms with Crippen LogP contribution in [0.15, 0.2) is 12.3 Å². The summed E-state index contributed by atoms with van der Waals surface area (Å²) < 4.78 is 37.1. The summed E-state index contributed by atoms with van der Waals surface area (Å²) in [5.41, 5.74) is 4.06. The average Bonchev–Trinajstić information content (AvgIpc) is 2.18. The monoisotopic (exact) mass is 281 g/mol. The molecule has 100 valence electrons. The van der Waals surface area contributed by atoms with E-state index in [1.807, 2.05) is 0 Å². The zero-order chi connectivity index (χ0) is 13.9. The average molecular weight is 282 g/mol. The molecule has 1 unspecified atom stereocenters. The maximum atomic E-state index is 12.4. The number of primary amides is 1. The Bertz CT molecular complexity index is 450. The van der Waals surface area contributed by atoms with Gasteiger partial charge in [0, 0.05) is 18.7 Å². The molecule has 0 aliphatic rings. The number of hydrogen-bond donors (Lipinski definition) is 2. The largest absolute Gasteiger partial charge is 0.417 e. The summed E-state index contributed by atoms with van der Waals surface area (Å²) in [6.45, 7) is 1.64. The summed E-state index contributed by atoms with van der Waals surface area (Å²) in [4.78, 5) is 14.2. The predicted octanol–water partition coefficient (Wildman–Crippen LogP) is 2.43. The number of nitrogens with two attached hydrogens (primary N) is 1. The summed E-state index contributed by atoms with van der Waals surface area (Å²) in [6.07, 6.45) is -3.79. The number of nitrogens with zero attached hydrogens (tertiary/aromatic N) is 1. The molecule has 0 aromatic carbocycles. The lowest BCUT2D eigenvalue weighted by molar-refractivity contribution is -0.137. The minimum atomic E-state index is -4.49. The molecule has 0 spiro atoms. The van der Waals surface area contributed by atoms with Gasteiger partial charge in [-0.2, -0.15) is 13.2 Å². The van der Waals surface area contributed by atoms with Crippen molar-refractivity contribution in [1.82, 2.24) is 4.98 Å². The van der Waals surface area contributed by atoms with Gasteiger partial charge < -0.3 is 11.1 Å². The summed E-state index contributed by atoms with van der Waals surface area (Å²) in [7, 11) is 0. The SMILES string of the molecule is CC(CC(N)=O)Nc1ncc(C(F)(F)F)cc1Cl. The highest BCUT2D eigenvalue weighted by atomic mass is 35.5. The Labute approximate surface area is 106 Å². The minimum absolute atomic E-state index is 0.0268.